The van der Waals surface area contributed by atoms with E-state index in [4.69, 9.17) is 54.7 Å². The van der Waals surface area contributed by atoms with Crippen LogP contribution < -0.4 is 19.9 Å². The van der Waals surface area contributed by atoms with E-state index in [0.29, 0.717) is 21.6 Å². The third-order valence-electron chi connectivity index (χ3n) is 4.02. The molecular formula is C23H20Cl3N3O5S. The number of benzene rings is 2. The Labute approximate surface area is 218 Å². The molecule has 0 radical (unpaired) electrons. The van der Waals surface area contributed by atoms with Crippen molar-refractivity contribution in [3.05, 3.63) is 81.5 Å². The summed E-state index contributed by atoms with van der Waals surface area (Å²) >= 11 is 18.1. The van der Waals surface area contributed by atoms with Crippen LogP contribution in [0.4, 0.5) is 5.69 Å². The number of nitrogens with one attached hydrogen (secondary N) is 1. The fourth-order valence-electron chi connectivity index (χ4n) is 2.56. The molecule has 1 amide bonds. The molecule has 0 aliphatic heterocycles. The van der Waals surface area contributed by atoms with Gasteiger partial charge in [0.2, 0.25) is 15.9 Å². The van der Waals surface area contributed by atoms with Crippen LogP contribution in [0.15, 0.2) is 76.4 Å². The summed E-state index contributed by atoms with van der Waals surface area (Å²) in [6.07, 6.45) is 2.88. The van der Waals surface area contributed by atoms with Gasteiger partial charge >= 0.3 is 0 Å². The normalized spacial score (nSPS) is 12.0. The van der Waals surface area contributed by atoms with Gasteiger partial charge in [-0.05, 0) is 49.4 Å². The monoisotopic (exact) mass is 555 g/mol. The molecule has 2 rings (SSSR count). The largest absolute Gasteiger partial charge is 0.493 e. The lowest BCUT2D eigenvalue weighted by molar-refractivity contribution is -0.116. The Kier molecular flexibility index (Phi) is 10.2. The summed E-state index contributed by atoms with van der Waals surface area (Å²) in [6, 6.07) is 10.2. The maximum Gasteiger partial charge on any atom is 0.238 e. The maximum atomic E-state index is 12.2. The molecule has 3 N–H and O–H groups in total. The van der Waals surface area contributed by atoms with Gasteiger partial charge in [0.05, 0.1) is 34.7 Å². The minimum absolute atomic E-state index is 0.00682. The van der Waals surface area contributed by atoms with Gasteiger partial charge in [0.25, 0.3) is 0 Å². The van der Waals surface area contributed by atoms with Crippen LogP contribution in [-0.2, 0) is 14.8 Å². The molecule has 0 heterocycles. The lowest BCUT2D eigenvalue weighted by Crippen LogP contribution is -2.16. The molecule has 0 aliphatic rings. The van der Waals surface area contributed by atoms with Gasteiger partial charge in [-0.3, -0.25) is 4.79 Å². The number of nitrogens with two attached hydrogens (primary N) is 1. The highest BCUT2D eigenvalue weighted by Crippen LogP contribution is 2.29. The van der Waals surface area contributed by atoms with Gasteiger partial charge in [-0.15, -0.1) is 0 Å². The van der Waals surface area contributed by atoms with Crippen molar-refractivity contribution in [2.45, 2.75) is 18.2 Å². The second kappa shape index (κ2) is 12.6. The van der Waals surface area contributed by atoms with E-state index in [-0.39, 0.29) is 40.0 Å². The number of halogens is 3. The molecular weight excluding hydrogens is 537 g/mol. The van der Waals surface area contributed by atoms with Crippen molar-refractivity contribution in [2.24, 2.45) is 5.14 Å². The molecule has 0 saturated carbocycles. The van der Waals surface area contributed by atoms with Gasteiger partial charge in [0.15, 0.2) is 0 Å². The number of carbonyl (C=O) groups excluding carboxylic acids is 1. The van der Waals surface area contributed by atoms with Gasteiger partial charge < -0.3 is 14.8 Å². The lowest BCUT2D eigenvalue weighted by atomic mass is 10.2. The molecule has 0 bridgehead atoms. The SMILES string of the molecule is C=C(C#N)/C=C(\C=C(C)Cl)Oc1cc(Cl)cc(OCCC(=O)Nc2ccc(S(N)(=O)=O)cc2Cl)c1. The zero-order valence-electron chi connectivity index (χ0n) is 18.3. The van der Waals surface area contributed by atoms with Crippen molar-refractivity contribution in [3.8, 4) is 17.6 Å². The third-order valence-corrected chi connectivity index (χ3v) is 5.57. The van der Waals surface area contributed by atoms with Crippen LogP contribution in [0.1, 0.15) is 13.3 Å². The number of hydrogen-bond acceptors (Lipinski definition) is 6. The predicted molar refractivity (Wildman–Crippen MR) is 136 cm³/mol. The Morgan fingerprint density at radius 2 is 1.89 bits per heavy atom. The molecule has 184 valence electrons. The van der Waals surface area contributed by atoms with Crippen molar-refractivity contribution in [1.82, 2.24) is 0 Å². The molecule has 2 aromatic carbocycles. The number of nitriles is 1. The highest BCUT2D eigenvalue weighted by molar-refractivity contribution is 7.89. The van der Waals surface area contributed by atoms with E-state index in [2.05, 4.69) is 11.9 Å². The molecule has 12 heteroatoms. The first-order valence-electron chi connectivity index (χ1n) is 9.75. The molecule has 0 aliphatic carbocycles. The van der Waals surface area contributed by atoms with E-state index >= 15 is 0 Å². The maximum absolute atomic E-state index is 12.2. The van der Waals surface area contributed by atoms with Crippen molar-refractivity contribution in [3.63, 3.8) is 0 Å². The minimum Gasteiger partial charge on any atom is -0.493 e. The molecule has 0 unspecified atom stereocenters. The number of allylic oxidation sites excluding steroid dienone is 4. The van der Waals surface area contributed by atoms with E-state index in [0.717, 1.165) is 6.07 Å². The van der Waals surface area contributed by atoms with Crippen LogP contribution >= 0.6 is 34.8 Å². The molecule has 0 spiro atoms. The van der Waals surface area contributed by atoms with Crippen LogP contribution in [-0.4, -0.2) is 20.9 Å². The number of rotatable bonds is 10. The molecule has 35 heavy (non-hydrogen) atoms. The van der Waals surface area contributed by atoms with Gasteiger partial charge in [0.1, 0.15) is 17.3 Å². The highest BCUT2D eigenvalue weighted by Gasteiger charge is 2.13. The van der Waals surface area contributed by atoms with E-state index < -0.39 is 15.9 Å². The fraction of sp³-hybridized carbons (Fsp3) is 0.130. The number of ether oxygens (including phenoxy) is 2. The summed E-state index contributed by atoms with van der Waals surface area (Å²) in [5, 5.41) is 17.3. The topological polar surface area (TPSA) is 132 Å². The molecule has 0 saturated heterocycles. The second-order valence-electron chi connectivity index (χ2n) is 6.97. The lowest BCUT2D eigenvalue weighted by Gasteiger charge is -2.12. The van der Waals surface area contributed by atoms with Gasteiger partial charge in [0, 0.05) is 21.7 Å². The average Bonchev–Trinajstić information content (AvgIpc) is 2.73. The second-order valence-corrected chi connectivity index (χ2v) is 9.97. The number of sulfonamides is 1. The first-order valence-corrected chi connectivity index (χ1v) is 12.4. The number of nitrogens with zero attached hydrogens (tertiary/aromatic N) is 1. The molecule has 0 atom stereocenters. The standard InChI is InChI=1S/C23H20Cl3N3O5S/c1-14(13-27)7-18(8-15(2)24)34-19-10-16(25)9-17(11-19)33-6-5-23(30)29-22-4-3-20(12-21(22)26)35(28,31)32/h3-4,7-12H,1,5-6H2,2H3,(H,29,30)(H2,28,31,32)/b15-8?,18-7+. The molecule has 0 fully saturated rings. The Balaban J connectivity index is 2.03. The van der Waals surface area contributed by atoms with Gasteiger partial charge in [-0.1, -0.05) is 41.4 Å². The summed E-state index contributed by atoms with van der Waals surface area (Å²) in [4.78, 5) is 12.1. The van der Waals surface area contributed by atoms with Crippen LogP contribution in [0.3, 0.4) is 0 Å². The summed E-state index contributed by atoms with van der Waals surface area (Å²) < 4.78 is 34.1. The van der Waals surface area contributed by atoms with Gasteiger partial charge in [-0.2, -0.15) is 5.26 Å². The van der Waals surface area contributed by atoms with Crippen molar-refractivity contribution in [2.75, 3.05) is 11.9 Å². The molecule has 8 nitrogen and oxygen atoms in total. The Morgan fingerprint density at radius 1 is 1.20 bits per heavy atom. The van der Waals surface area contributed by atoms with Crippen molar-refractivity contribution < 1.29 is 22.7 Å². The van der Waals surface area contributed by atoms with Crippen LogP contribution in [0.2, 0.25) is 10.0 Å². The molecule has 0 aromatic heterocycles. The number of carbonyl (C=O) groups is 1. The average molecular weight is 557 g/mol. The van der Waals surface area contributed by atoms with E-state index in [1.54, 1.807) is 13.0 Å². The summed E-state index contributed by atoms with van der Waals surface area (Å²) in [7, 11) is -3.91. The summed E-state index contributed by atoms with van der Waals surface area (Å²) in [5.41, 5.74) is 0.390. The number of anilines is 1. The number of amides is 1. The van der Waals surface area contributed by atoms with Crippen LogP contribution in [0.5, 0.6) is 11.5 Å². The summed E-state index contributed by atoms with van der Waals surface area (Å²) in [5.74, 6) is 0.490. The van der Waals surface area contributed by atoms with Crippen molar-refractivity contribution >= 4 is 56.4 Å². The smallest absolute Gasteiger partial charge is 0.238 e. The Morgan fingerprint density at radius 3 is 2.49 bits per heavy atom. The first kappa shape index (κ1) is 28.2. The van der Waals surface area contributed by atoms with Crippen LogP contribution in [0, 0.1) is 11.3 Å². The quantitative estimate of drug-likeness (QED) is 0.225. The minimum atomic E-state index is -3.91. The Bertz CT molecular complexity index is 1340. The Hall–Kier alpha value is -3.00. The van der Waals surface area contributed by atoms with Crippen LogP contribution in [0.25, 0.3) is 0 Å². The highest BCUT2D eigenvalue weighted by atomic mass is 35.5. The van der Waals surface area contributed by atoms with E-state index in [9.17, 15) is 13.2 Å². The van der Waals surface area contributed by atoms with E-state index in [1.165, 1.54) is 36.4 Å². The summed E-state index contributed by atoms with van der Waals surface area (Å²) in [6.45, 7) is 5.22. The van der Waals surface area contributed by atoms with E-state index in [1.807, 2.05) is 6.07 Å². The van der Waals surface area contributed by atoms with Crippen molar-refractivity contribution in [1.29, 1.82) is 5.26 Å². The first-order chi connectivity index (χ1) is 16.4. The zero-order chi connectivity index (χ0) is 26.2. The third kappa shape index (κ3) is 9.64. The molecule has 2 aromatic rings. The number of primary sulfonamides is 1. The zero-order valence-corrected chi connectivity index (χ0v) is 21.4. The van der Waals surface area contributed by atoms with Gasteiger partial charge in [-0.25, -0.2) is 13.6 Å². The predicted octanol–water partition coefficient (Wildman–Crippen LogP) is 5.53. The fourth-order valence-corrected chi connectivity index (χ4v) is 3.72. The number of hydrogen-bond donors (Lipinski definition) is 2.